The molecule has 3 aromatic heterocycles. The zero-order chi connectivity index (χ0) is 23.3. The first kappa shape index (κ1) is 21.5. The second-order valence-electron chi connectivity index (χ2n) is 10.4. The van der Waals surface area contributed by atoms with E-state index >= 15 is 0 Å². The van der Waals surface area contributed by atoms with E-state index in [0.29, 0.717) is 6.04 Å². The largest absolute Gasteiger partial charge is 0.390 e. The zero-order valence-electron chi connectivity index (χ0n) is 20.1. The number of anilines is 2. The summed E-state index contributed by atoms with van der Waals surface area (Å²) in [5.41, 5.74) is 6.10. The lowest BCUT2D eigenvalue weighted by atomic mass is 9.83. The maximum absolute atomic E-state index is 10.4. The summed E-state index contributed by atoms with van der Waals surface area (Å²) in [5.74, 6) is 0.931. The van der Waals surface area contributed by atoms with Gasteiger partial charge in [-0.05, 0) is 65.2 Å². The lowest BCUT2D eigenvalue weighted by molar-refractivity contribution is 0.0196. The molecular weight excluding hydrogens is 426 g/mol. The summed E-state index contributed by atoms with van der Waals surface area (Å²) >= 11 is 0. The standard InChI is InChI=1S/C26H33N7O/c1-17-24(29-20-8-4-3-7-19(20)27-17)22-16-33-25(30-22)21(15-23(31-33)32-13-5-6-14-32)28-18-9-11-26(2,34)12-10-18/h5-6,15-16,18,28,34H,3-4,7-14H2,1-2H3. The molecule has 4 heterocycles. The van der Waals surface area contributed by atoms with Crippen molar-refractivity contribution >= 4 is 17.2 Å². The Hall–Kier alpha value is -3.00. The summed E-state index contributed by atoms with van der Waals surface area (Å²) in [4.78, 5) is 17.1. The van der Waals surface area contributed by atoms with Gasteiger partial charge in [0, 0.05) is 25.2 Å². The van der Waals surface area contributed by atoms with Crippen LogP contribution in [0.25, 0.3) is 17.0 Å². The predicted octanol–water partition coefficient (Wildman–Crippen LogP) is 3.86. The van der Waals surface area contributed by atoms with Gasteiger partial charge in [-0.15, -0.1) is 5.10 Å². The van der Waals surface area contributed by atoms with E-state index in [9.17, 15) is 5.11 Å². The summed E-state index contributed by atoms with van der Waals surface area (Å²) in [6, 6.07) is 2.43. The molecule has 34 heavy (non-hydrogen) atoms. The number of nitrogens with one attached hydrogen (secondary N) is 1. The Balaban J connectivity index is 1.39. The Kier molecular flexibility index (Phi) is 5.28. The van der Waals surface area contributed by atoms with Gasteiger partial charge in [0.15, 0.2) is 11.5 Å². The highest BCUT2D eigenvalue weighted by atomic mass is 16.3. The van der Waals surface area contributed by atoms with Crippen LogP contribution in [0.2, 0.25) is 0 Å². The Morgan fingerprint density at radius 2 is 1.74 bits per heavy atom. The molecule has 3 aliphatic rings. The van der Waals surface area contributed by atoms with Crippen LogP contribution in [-0.2, 0) is 12.8 Å². The average Bonchev–Trinajstić information content (AvgIpc) is 3.50. The van der Waals surface area contributed by atoms with Crippen LogP contribution >= 0.6 is 0 Å². The van der Waals surface area contributed by atoms with E-state index in [0.717, 1.165) is 97.2 Å². The van der Waals surface area contributed by atoms with E-state index in [1.807, 2.05) is 24.6 Å². The van der Waals surface area contributed by atoms with Crippen molar-refractivity contribution in [3.05, 3.63) is 41.5 Å². The Labute approximate surface area is 200 Å². The number of nitrogens with zero attached hydrogens (tertiary/aromatic N) is 6. The van der Waals surface area contributed by atoms with Crippen LogP contribution in [-0.4, -0.2) is 54.4 Å². The van der Waals surface area contributed by atoms with Crippen molar-refractivity contribution in [2.45, 2.75) is 76.9 Å². The minimum Gasteiger partial charge on any atom is -0.390 e. The quantitative estimate of drug-likeness (QED) is 0.573. The third-order valence-electron chi connectivity index (χ3n) is 7.52. The van der Waals surface area contributed by atoms with Crippen LogP contribution < -0.4 is 10.2 Å². The van der Waals surface area contributed by atoms with Crippen molar-refractivity contribution in [1.82, 2.24) is 24.6 Å². The van der Waals surface area contributed by atoms with E-state index < -0.39 is 5.60 Å². The lowest BCUT2D eigenvalue weighted by Gasteiger charge is -2.34. The number of hydrogen-bond acceptors (Lipinski definition) is 7. The smallest absolute Gasteiger partial charge is 0.177 e. The molecule has 2 N–H and O–H groups in total. The van der Waals surface area contributed by atoms with Gasteiger partial charge in [-0.1, -0.05) is 12.2 Å². The normalized spacial score (nSPS) is 24.6. The predicted molar refractivity (Wildman–Crippen MR) is 133 cm³/mol. The molecular formula is C26H33N7O. The molecule has 2 aliphatic carbocycles. The molecule has 3 aromatic rings. The van der Waals surface area contributed by atoms with Gasteiger partial charge in [0.2, 0.25) is 0 Å². The molecule has 1 fully saturated rings. The van der Waals surface area contributed by atoms with Crippen LogP contribution in [0.15, 0.2) is 24.4 Å². The third-order valence-corrected chi connectivity index (χ3v) is 7.52. The number of hydrogen-bond donors (Lipinski definition) is 2. The van der Waals surface area contributed by atoms with Crippen LogP contribution in [0.4, 0.5) is 11.5 Å². The maximum Gasteiger partial charge on any atom is 0.177 e. The lowest BCUT2D eigenvalue weighted by Crippen LogP contribution is -2.36. The molecule has 8 heteroatoms. The van der Waals surface area contributed by atoms with E-state index in [4.69, 9.17) is 20.1 Å². The number of imidazole rings is 1. The van der Waals surface area contributed by atoms with Gasteiger partial charge < -0.3 is 15.3 Å². The summed E-state index contributed by atoms with van der Waals surface area (Å²) < 4.78 is 1.89. The molecule has 0 saturated heterocycles. The molecule has 6 rings (SSSR count). The maximum atomic E-state index is 10.4. The van der Waals surface area contributed by atoms with E-state index in [1.165, 1.54) is 12.8 Å². The van der Waals surface area contributed by atoms with Gasteiger partial charge in [-0.2, -0.15) is 0 Å². The monoisotopic (exact) mass is 459 g/mol. The Bertz CT molecular complexity index is 1240. The van der Waals surface area contributed by atoms with Crippen LogP contribution in [0.3, 0.4) is 0 Å². The molecule has 0 spiro atoms. The fraction of sp³-hybridized carbons (Fsp3) is 0.538. The fourth-order valence-electron chi connectivity index (χ4n) is 5.44. The van der Waals surface area contributed by atoms with Crippen LogP contribution in [0.5, 0.6) is 0 Å². The molecule has 0 unspecified atom stereocenters. The number of fused-ring (bicyclic) bond motifs is 2. The highest BCUT2D eigenvalue weighted by molar-refractivity contribution is 5.75. The minimum absolute atomic E-state index is 0.307. The van der Waals surface area contributed by atoms with Crippen molar-refractivity contribution < 1.29 is 5.11 Å². The topological polar surface area (TPSA) is 91.5 Å². The number of aliphatic hydroxyl groups is 1. The minimum atomic E-state index is -0.554. The van der Waals surface area contributed by atoms with Gasteiger partial charge in [-0.3, -0.25) is 4.98 Å². The highest BCUT2D eigenvalue weighted by Gasteiger charge is 2.29. The molecule has 0 atom stereocenters. The third kappa shape index (κ3) is 4.04. The van der Waals surface area contributed by atoms with Gasteiger partial charge in [0.25, 0.3) is 0 Å². The highest BCUT2D eigenvalue weighted by Crippen LogP contribution is 2.33. The molecule has 0 radical (unpaired) electrons. The zero-order valence-corrected chi connectivity index (χ0v) is 20.1. The number of aromatic nitrogens is 5. The Morgan fingerprint density at radius 3 is 2.47 bits per heavy atom. The summed E-state index contributed by atoms with van der Waals surface area (Å²) in [6.45, 7) is 5.70. The molecule has 0 amide bonds. The van der Waals surface area contributed by atoms with Gasteiger partial charge in [-0.25, -0.2) is 14.5 Å². The van der Waals surface area contributed by atoms with Crippen LogP contribution in [0, 0.1) is 6.92 Å². The average molecular weight is 460 g/mol. The molecule has 178 valence electrons. The number of rotatable bonds is 4. The molecule has 0 bridgehead atoms. The molecule has 8 nitrogen and oxygen atoms in total. The van der Waals surface area contributed by atoms with Gasteiger partial charge in [0.1, 0.15) is 11.4 Å². The molecule has 0 aromatic carbocycles. The molecule has 1 saturated carbocycles. The summed E-state index contributed by atoms with van der Waals surface area (Å²) in [7, 11) is 0. The van der Waals surface area contributed by atoms with Crippen molar-refractivity contribution in [2.75, 3.05) is 23.3 Å². The second-order valence-corrected chi connectivity index (χ2v) is 10.4. The van der Waals surface area contributed by atoms with E-state index in [-0.39, 0.29) is 0 Å². The van der Waals surface area contributed by atoms with Crippen molar-refractivity contribution in [2.24, 2.45) is 0 Å². The first-order valence-corrected chi connectivity index (χ1v) is 12.6. The van der Waals surface area contributed by atoms with Crippen molar-refractivity contribution in [3.8, 4) is 11.4 Å². The number of aryl methyl sites for hydroxylation is 3. The first-order chi connectivity index (χ1) is 16.4. The summed E-state index contributed by atoms with van der Waals surface area (Å²) in [5, 5.41) is 19.0. The van der Waals surface area contributed by atoms with E-state index in [2.05, 4.69) is 28.4 Å². The first-order valence-electron chi connectivity index (χ1n) is 12.6. The van der Waals surface area contributed by atoms with Gasteiger partial charge >= 0.3 is 0 Å². The van der Waals surface area contributed by atoms with E-state index in [1.54, 1.807) is 0 Å². The second kappa shape index (κ2) is 8.34. The molecule has 1 aliphatic heterocycles. The van der Waals surface area contributed by atoms with Crippen molar-refractivity contribution in [1.29, 1.82) is 0 Å². The van der Waals surface area contributed by atoms with Gasteiger partial charge in [0.05, 0.1) is 34.6 Å². The SMILES string of the molecule is Cc1nc2c(nc1-c1cn3nc(N4CC=CC4)cc(NC4CCC(C)(O)CC4)c3n1)CCCC2. The Morgan fingerprint density at radius 1 is 1.03 bits per heavy atom. The van der Waals surface area contributed by atoms with Crippen molar-refractivity contribution in [3.63, 3.8) is 0 Å². The fourth-order valence-corrected chi connectivity index (χ4v) is 5.44. The summed E-state index contributed by atoms with van der Waals surface area (Å²) in [6.07, 6.45) is 14.2. The van der Waals surface area contributed by atoms with Crippen LogP contribution in [0.1, 0.15) is 62.5 Å².